The fourth-order valence-electron chi connectivity index (χ4n) is 1.69. The number of hydrogen-bond donors (Lipinski definition) is 2. The third-order valence-corrected chi connectivity index (χ3v) is 4.64. The van der Waals surface area contributed by atoms with Gasteiger partial charge in [0.2, 0.25) is 5.91 Å². The third-order valence-electron chi connectivity index (χ3n) is 2.91. The van der Waals surface area contributed by atoms with E-state index in [1.54, 1.807) is 12.1 Å². The highest BCUT2D eigenvalue weighted by molar-refractivity contribution is 7.91. The molecular formula is C15H15NO5S. The molecule has 1 aromatic carbocycles. The summed E-state index contributed by atoms with van der Waals surface area (Å²) >= 11 is 0. The Morgan fingerprint density at radius 2 is 2.14 bits per heavy atom. The zero-order chi connectivity index (χ0) is 16.2. The van der Waals surface area contributed by atoms with Crippen LogP contribution in [0, 0.1) is 0 Å². The van der Waals surface area contributed by atoms with Gasteiger partial charge in [0.05, 0.1) is 22.6 Å². The predicted molar refractivity (Wildman–Crippen MR) is 82.2 cm³/mol. The molecule has 0 radical (unpaired) electrons. The molecule has 2 rings (SSSR count). The number of nitrogens with one attached hydrogen (secondary N) is 1. The van der Waals surface area contributed by atoms with Gasteiger partial charge in [-0.2, -0.15) is 0 Å². The molecule has 0 spiro atoms. The van der Waals surface area contributed by atoms with E-state index < -0.39 is 15.7 Å². The van der Waals surface area contributed by atoms with Gasteiger partial charge in [0.15, 0.2) is 9.84 Å². The zero-order valence-electron chi connectivity index (χ0n) is 11.8. The van der Waals surface area contributed by atoms with Crippen molar-refractivity contribution in [1.82, 2.24) is 0 Å². The lowest BCUT2D eigenvalue weighted by Crippen LogP contribution is -2.09. The molecule has 0 bridgehead atoms. The van der Waals surface area contributed by atoms with Crippen molar-refractivity contribution >= 4 is 27.5 Å². The molecule has 7 heteroatoms. The van der Waals surface area contributed by atoms with Gasteiger partial charge in [-0.3, -0.25) is 4.79 Å². The molecule has 0 saturated heterocycles. The number of carbonyl (C=O) groups excluding carboxylic acids is 1. The highest BCUT2D eigenvalue weighted by atomic mass is 32.2. The number of carbonyl (C=O) groups is 1. The molecule has 1 aromatic heterocycles. The zero-order valence-corrected chi connectivity index (χ0v) is 12.6. The Morgan fingerprint density at radius 1 is 1.36 bits per heavy atom. The molecular weight excluding hydrogens is 306 g/mol. The van der Waals surface area contributed by atoms with Crippen LogP contribution in [-0.2, 0) is 14.6 Å². The molecule has 1 amide bonds. The van der Waals surface area contributed by atoms with E-state index in [-0.39, 0.29) is 22.1 Å². The first-order valence-electron chi connectivity index (χ1n) is 6.50. The predicted octanol–water partition coefficient (Wildman–Crippen LogP) is 2.43. The topological polar surface area (TPSA) is 96.6 Å². The van der Waals surface area contributed by atoms with Gasteiger partial charge in [-0.1, -0.05) is 6.92 Å². The number of amides is 1. The molecule has 0 aliphatic carbocycles. The molecule has 2 aromatic rings. The summed E-state index contributed by atoms with van der Waals surface area (Å²) in [5, 5.41) is 12.1. The SMILES string of the molecule is CCS(=O)(=O)c1ccc(O)c(NC(=O)/C=C/c2ccco2)c1. The van der Waals surface area contributed by atoms with Crippen LogP contribution < -0.4 is 5.32 Å². The molecule has 0 unspecified atom stereocenters. The molecule has 0 atom stereocenters. The van der Waals surface area contributed by atoms with Gasteiger partial charge < -0.3 is 14.8 Å². The molecule has 6 nitrogen and oxygen atoms in total. The van der Waals surface area contributed by atoms with E-state index in [9.17, 15) is 18.3 Å². The number of furan rings is 1. The summed E-state index contributed by atoms with van der Waals surface area (Å²) in [6.07, 6.45) is 4.15. The summed E-state index contributed by atoms with van der Waals surface area (Å²) in [7, 11) is -3.42. The molecule has 0 aliphatic rings. The van der Waals surface area contributed by atoms with Crippen LogP contribution in [0.25, 0.3) is 6.08 Å². The van der Waals surface area contributed by atoms with Gasteiger partial charge in [-0.25, -0.2) is 8.42 Å². The molecule has 1 heterocycles. The van der Waals surface area contributed by atoms with Crippen LogP contribution in [0.4, 0.5) is 5.69 Å². The fraction of sp³-hybridized carbons (Fsp3) is 0.133. The molecule has 116 valence electrons. The Labute approximate surface area is 128 Å². The van der Waals surface area contributed by atoms with Crippen LogP contribution in [-0.4, -0.2) is 25.2 Å². The second kappa shape index (κ2) is 6.48. The second-order valence-corrected chi connectivity index (χ2v) is 6.70. The van der Waals surface area contributed by atoms with E-state index in [2.05, 4.69) is 5.32 Å². The Bertz CT molecular complexity index is 791. The van der Waals surface area contributed by atoms with E-state index >= 15 is 0 Å². The quantitative estimate of drug-likeness (QED) is 0.651. The maximum atomic E-state index is 11.8. The Hall–Kier alpha value is -2.54. The van der Waals surface area contributed by atoms with Crippen molar-refractivity contribution in [3.63, 3.8) is 0 Å². The van der Waals surface area contributed by atoms with Crippen molar-refractivity contribution in [3.8, 4) is 5.75 Å². The average Bonchev–Trinajstić information content (AvgIpc) is 3.00. The van der Waals surface area contributed by atoms with E-state index in [4.69, 9.17) is 4.42 Å². The van der Waals surface area contributed by atoms with Crippen LogP contribution in [0.5, 0.6) is 5.75 Å². The first-order chi connectivity index (χ1) is 10.4. The summed E-state index contributed by atoms with van der Waals surface area (Å²) in [6, 6.07) is 7.11. The summed E-state index contributed by atoms with van der Waals surface area (Å²) in [4.78, 5) is 11.8. The van der Waals surface area contributed by atoms with E-state index in [1.807, 2.05) is 0 Å². The van der Waals surface area contributed by atoms with Crippen molar-refractivity contribution in [2.45, 2.75) is 11.8 Å². The van der Waals surface area contributed by atoms with E-state index in [0.29, 0.717) is 5.76 Å². The minimum absolute atomic E-state index is 0.0311. The number of aromatic hydroxyl groups is 1. The maximum Gasteiger partial charge on any atom is 0.248 e. The third kappa shape index (κ3) is 3.76. The van der Waals surface area contributed by atoms with E-state index in [0.717, 1.165) is 0 Å². The van der Waals surface area contributed by atoms with Gasteiger partial charge in [-0.15, -0.1) is 0 Å². The number of benzene rings is 1. The molecule has 2 N–H and O–H groups in total. The van der Waals surface area contributed by atoms with Crippen molar-refractivity contribution in [3.05, 3.63) is 48.4 Å². The highest BCUT2D eigenvalue weighted by Gasteiger charge is 2.14. The average molecular weight is 321 g/mol. The first kappa shape index (κ1) is 15.8. The Balaban J connectivity index is 2.18. The fourth-order valence-corrected chi connectivity index (χ4v) is 2.60. The number of rotatable bonds is 5. The van der Waals surface area contributed by atoms with Crippen LogP contribution in [0.1, 0.15) is 12.7 Å². The second-order valence-electron chi connectivity index (χ2n) is 4.42. The van der Waals surface area contributed by atoms with Gasteiger partial charge in [0, 0.05) is 6.08 Å². The number of phenols is 1. The number of phenolic OH excluding ortho intramolecular Hbond substituents is 1. The van der Waals surface area contributed by atoms with Crippen LogP contribution in [0.3, 0.4) is 0 Å². The van der Waals surface area contributed by atoms with Gasteiger partial charge >= 0.3 is 0 Å². The Kier molecular flexibility index (Phi) is 4.67. The first-order valence-corrected chi connectivity index (χ1v) is 8.16. The Morgan fingerprint density at radius 3 is 2.77 bits per heavy atom. The monoisotopic (exact) mass is 321 g/mol. The summed E-state index contributed by atoms with van der Waals surface area (Å²) in [5.74, 6) is -0.293. The summed E-state index contributed by atoms with van der Waals surface area (Å²) in [6.45, 7) is 1.52. The maximum absolute atomic E-state index is 11.8. The minimum atomic E-state index is -3.42. The highest BCUT2D eigenvalue weighted by Crippen LogP contribution is 2.27. The van der Waals surface area contributed by atoms with Crippen molar-refractivity contribution in [1.29, 1.82) is 0 Å². The van der Waals surface area contributed by atoms with Crippen LogP contribution in [0.2, 0.25) is 0 Å². The smallest absolute Gasteiger partial charge is 0.248 e. The lowest BCUT2D eigenvalue weighted by molar-refractivity contribution is -0.111. The van der Waals surface area contributed by atoms with Crippen LogP contribution >= 0.6 is 0 Å². The van der Waals surface area contributed by atoms with Gasteiger partial charge in [0.25, 0.3) is 0 Å². The largest absolute Gasteiger partial charge is 0.506 e. The standard InChI is InChI=1S/C15H15NO5S/c1-2-22(19,20)12-6-7-14(17)13(10-12)16-15(18)8-5-11-4-3-9-21-11/h3-10,17H,2H2,1H3,(H,16,18)/b8-5+. The minimum Gasteiger partial charge on any atom is -0.506 e. The summed E-state index contributed by atoms with van der Waals surface area (Å²) < 4.78 is 28.7. The number of sulfone groups is 1. The van der Waals surface area contributed by atoms with Crippen molar-refractivity contribution < 1.29 is 22.7 Å². The number of anilines is 1. The lowest BCUT2D eigenvalue weighted by Gasteiger charge is -2.08. The van der Waals surface area contributed by atoms with E-state index in [1.165, 1.54) is 43.5 Å². The molecule has 0 saturated carbocycles. The van der Waals surface area contributed by atoms with Crippen molar-refractivity contribution in [2.75, 3.05) is 11.1 Å². The normalized spacial score (nSPS) is 11.7. The molecule has 0 aliphatic heterocycles. The number of hydrogen-bond acceptors (Lipinski definition) is 5. The summed E-state index contributed by atoms with van der Waals surface area (Å²) in [5.41, 5.74) is 0.0311. The van der Waals surface area contributed by atoms with Gasteiger partial charge in [0.1, 0.15) is 11.5 Å². The van der Waals surface area contributed by atoms with Crippen molar-refractivity contribution in [2.24, 2.45) is 0 Å². The molecule has 0 fully saturated rings. The van der Waals surface area contributed by atoms with Gasteiger partial charge in [-0.05, 0) is 36.4 Å². The molecule has 22 heavy (non-hydrogen) atoms. The lowest BCUT2D eigenvalue weighted by atomic mass is 10.3. The van der Waals surface area contributed by atoms with Crippen LogP contribution in [0.15, 0.2) is 52.0 Å².